The van der Waals surface area contributed by atoms with Gasteiger partial charge in [0.2, 0.25) is 11.8 Å². The van der Waals surface area contributed by atoms with Crippen molar-refractivity contribution in [1.82, 2.24) is 4.90 Å². The summed E-state index contributed by atoms with van der Waals surface area (Å²) < 4.78 is 5.99. The summed E-state index contributed by atoms with van der Waals surface area (Å²) in [5.74, 6) is 1.27. The van der Waals surface area contributed by atoms with Gasteiger partial charge in [0, 0.05) is 29.6 Å². The normalized spacial score (nSPS) is 16.7. The number of benzene rings is 2. The van der Waals surface area contributed by atoms with Crippen molar-refractivity contribution < 1.29 is 14.3 Å². The van der Waals surface area contributed by atoms with Crippen molar-refractivity contribution in [2.45, 2.75) is 66.0 Å². The first-order chi connectivity index (χ1) is 15.9. The Morgan fingerprint density at radius 2 is 1.79 bits per heavy atom. The van der Waals surface area contributed by atoms with Crippen molar-refractivity contribution in [3.63, 3.8) is 0 Å². The fraction of sp³-hybridized carbons (Fsp3) is 0.500. The Kier molecular flexibility index (Phi) is 7.36. The van der Waals surface area contributed by atoms with Crippen LogP contribution in [0.25, 0.3) is 0 Å². The zero-order chi connectivity index (χ0) is 23.4. The van der Waals surface area contributed by atoms with Crippen LogP contribution in [-0.2, 0) is 22.7 Å². The van der Waals surface area contributed by atoms with Crippen LogP contribution < -0.4 is 9.64 Å². The van der Waals surface area contributed by atoms with Crippen molar-refractivity contribution in [3.8, 4) is 5.75 Å². The molecule has 0 bridgehead atoms. The molecule has 1 aliphatic carbocycles. The van der Waals surface area contributed by atoms with E-state index in [0.29, 0.717) is 26.2 Å². The molecule has 0 spiro atoms. The Balaban J connectivity index is 1.55. The lowest BCUT2D eigenvalue weighted by molar-refractivity contribution is -0.137. The number of ether oxygens (including phenoxy) is 1. The van der Waals surface area contributed by atoms with Gasteiger partial charge in [-0.05, 0) is 49.6 Å². The van der Waals surface area contributed by atoms with Crippen LogP contribution in [-0.4, -0.2) is 29.9 Å². The molecule has 33 heavy (non-hydrogen) atoms. The van der Waals surface area contributed by atoms with Gasteiger partial charge in [0.1, 0.15) is 12.4 Å². The molecule has 0 radical (unpaired) electrons. The number of amides is 2. The number of rotatable bonds is 5. The molecule has 0 saturated heterocycles. The van der Waals surface area contributed by atoms with E-state index < -0.39 is 0 Å². The highest BCUT2D eigenvalue weighted by Gasteiger charge is 2.28. The van der Waals surface area contributed by atoms with Gasteiger partial charge in [-0.25, -0.2) is 0 Å². The molecule has 1 fully saturated rings. The molecule has 1 aliphatic heterocycles. The second-order valence-corrected chi connectivity index (χ2v) is 9.80. The largest absolute Gasteiger partial charge is 0.491 e. The number of hydrogen-bond donors (Lipinski definition) is 0. The van der Waals surface area contributed by atoms with Gasteiger partial charge in [0.05, 0.1) is 13.1 Å². The van der Waals surface area contributed by atoms with Gasteiger partial charge in [-0.2, -0.15) is 0 Å². The van der Waals surface area contributed by atoms with Gasteiger partial charge >= 0.3 is 0 Å². The molecular formula is C28H36N2O3. The first-order valence-corrected chi connectivity index (χ1v) is 12.3. The average molecular weight is 449 g/mol. The van der Waals surface area contributed by atoms with Crippen molar-refractivity contribution in [2.24, 2.45) is 11.8 Å². The number of nitrogens with zero attached hydrogens (tertiary/aromatic N) is 2. The molecule has 5 heteroatoms. The molecule has 2 aromatic rings. The lowest BCUT2D eigenvalue weighted by Gasteiger charge is -2.28. The Morgan fingerprint density at radius 3 is 2.48 bits per heavy atom. The fourth-order valence-electron chi connectivity index (χ4n) is 4.86. The Morgan fingerprint density at radius 1 is 1.06 bits per heavy atom. The summed E-state index contributed by atoms with van der Waals surface area (Å²) in [5.41, 5.74) is 4.13. The maximum absolute atomic E-state index is 13.2. The molecule has 0 atom stereocenters. The second kappa shape index (κ2) is 10.4. The molecule has 2 aromatic carbocycles. The lowest BCUT2D eigenvalue weighted by Crippen LogP contribution is -2.38. The molecule has 0 aromatic heterocycles. The quantitative estimate of drug-likeness (QED) is 0.608. The van der Waals surface area contributed by atoms with Gasteiger partial charge < -0.3 is 14.5 Å². The van der Waals surface area contributed by atoms with Crippen LogP contribution in [0.2, 0.25) is 0 Å². The van der Waals surface area contributed by atoms with E-state index >= 15 is 0 Å². The van der Waals surface area contributed by atoms with Crippen molar-refractivity contribution >= 4 is 17.5 Å². The lowest BCUT2D eigenvalue weighted by atomic mass is 9.88. The molecule has 0 N–H and O–H groups in total. The number of carbonyl (C=O) groups is 2. The molecule has 2 aliphatic rings. The smallest absolute Gasteiger partial charge is 0.229 e. The van der Waals surface area contributed by atoms with Crippen LogP contribution in [0.4, 0.5) is 5.69 Å². The Labute approximate surface area is 197 Å². The van der Waals surface area contributed by atoms with Gasteiger partial charge in [-0.1, -0.05) is 56.9 Å². The standard InChI is InChI=1S/C28H36N2O3/c1-20(2)27(31)30(25-12-9-21(3)10-13-25)18-22-11-14-26-24(17-22)19-29(15-16-33-26)28(32)23-7-5-4-6-8-23/h9-14,17,20,23H,4-8,15-16,18-19H2,1-3H3. The van der Waals surface area contributed by atoms with Crippen LogP contribution >= 0.6 is 0 Å². The molecule has 5 nitrogen and oxygen atoms in total. The van der Waals surface area contributed by atoms with Gasteiger partial charge in [0.25, 0.3) is 0 Å². The van der Waals surface area contributed by atoms with Crippen molar-refractivity contribution in [1.29, 1.82) is 0 Å². The molecular weight excluding hydrogens is 412 g/mol. The Bertz CT molecular complexity index is 977. The van der Waals surface area contributed by atoms with Crippen molar-refractivity contribution in [2.75, 3.05) is 18.1 Å². The van der Waals surface area contributed by atoms with E-state index in [-0.39, 0.29) is 23.7 Å². The summed E-state index contributed by atoms with van der Waals surface area (Å²) >= 11 is 0. The van der Waals surface area contributed by atoms with Crippen LogP contribution in [0.15, 0.2) is 42.5 Å². The number of carbonyl (C=O) groups excluding carboxylic acids is 2. The van der Waals surface area contributed by atoms with Crippen LogP contribution in [0.5, 0.6) is 5.75 Å². The summed E-state index contributed by atoms with van der Waals surface area (Å²) in [7, 11) is 0. The van der Waals surface area contributed by atoms with Crippen LogP contribution in [0, 0.1) is 18.8 Å². The summed E-state index contributed by atoms with van der Waals surface area (Å²) in [4.78, 5) is 30.0. The third kappa shape index (κ3) is 5.58. The molecule has 4 rings (SSSR count). The van der Waals surface area contributed by atoms with E-state index in [9.17, 15) is 9.59 Å². The number of aryl methyl sites for hydroxylation is 1. The van der Waals surface area contributed by atoms with E-state index in [1.165, 1.54) is 12.0 Å². The van der Waals surface area contributed by atoms with E-state index in [1.54, 1.807) is 0 Å². The van der Waals surface area contributed by atoms with E-state index in [0.717, 1.165) is 48.2 Å². The first kappa shape index (κ1) is 23.3. The Hall–Kier alpha value is -2.82. The van der Waals surface area contributed by atoms with Gasteiger partial charge in [-0.15, -0.1) is 0 Å². The summed E-state index contributed by atoms with van der Waals surface area (Å²) in [6.07, 6.45) is 5.56. The van der Waals surface area contributed by atoms with E-state index in [1.807, 2.05) is 67.0 Å². The molecule has 1 heterocycles. The highest BCUT2D eigenvalue weighted by molar-refractivity contribution is 5.94. The van der Waals surface area contributed by atoms with Crippen LogP contribution in [0.1, 0.15) is 62.6 Å². The SMILES string of the molecule is Cc1ccc(N(Cc2ccc3c(c2)CN(C(=O)C2CCCCC2)CCO3)C(=O)C(C)C)cc1. The molecule has 1 saturated carbocycles. The zero-order valence-electron chi connectivity index (χ0n) is 20.2. The maximum atomic E-state index is 13.2. The predicted molar refractivity (Wildman–Crippen MR) is 131 cm³/mol. The van der Waals surface area contributed by atoms with Gasteiger partial charge in [0.15, 0.2) is 0 Å². The maximum Gasteiger partial charge on any atom is 0.229 e. The topological polar surface area (TPSA) is 49.9 Å². The van der Waals surface area contributed by atoms with E-state index in [2.05, 4.69) is 6.07 Å². The highest BCUT2D eigenvalue weighted by Crippen LogP contribution is 2.30. The molecule has 176 valence electrons. The minimum Gasteiger partial charge on any atom is -0.491 e. The number of anilines is 1. The van der Waals surface area contributed by atoms with Crippen molar-refractivity contribution in [3.05, 3.63) is 59.2 Å². The number of fused-ring (bicyclic) bond motifs is 1. The fourth-order valence-corrected chi connectivity index (χ4v) is 4.86. The third-order valence-corrected chi connectivity index (χ3v) is 6.82. The summed E-state index contributed by atoms with van der Waals surface area (Å²) in [6, 6.07) is 14.2. The average Bonchev–Trinajstić information content (AvgIpc) is 3.05. The second-order valence-electron chi connectivity index (χ2n) is 9.80. The molecule has 2 amide bonds. The molecule has 0 unspecified atom stereocenters. The number of hydrogen-bond acceptors (Lipinski definition) is 3. The predicted octanol–water partition coefficient (Wildman–Crippen LogP) is 5.49. The van der Waals surface area contributed by atoms with Crippen LogP contribution in [0.3, 0.4) is 0 Å². The van der Waals surface area contributed by atoms with Gasteiger partial charge in [-0.3, -0.25) is 9.59 Å². The minimum absolute atomic E-state index is 0.0964. The zero-order valence-corrected chi connectivity index (χ0v) is 20.2. The monoisotopic (exact) mass is 448 g/mol. The summed E-state index contributed by atoms with van der Waals surface area (Å²) in [5, 5.41) is 0. The minimum atomic E-state index is -0.0981. The summed E-state index contributed by atoms with van der Waals surface area (Å²) in [6.45, 7) is 8.12. The van der Waals surface area contributed by atoms with E-state index in [4.69, 9.17) is 4.74 Å². The highest BCUT2D eigenvalue weighted by atomic mass is 16.5. The first-order valence-electron chi connectivity index (χ1n) is 12.3. The third-order valence-electron chi connectivity index (χ3n) is 6.82.